The van der Waals surface area contributed by atoms with Crippen LogP contribution in [0.5, 0.6) is 0 Å². The summed E-state index contributed by atoms with van der Waals surface area (Å²) in [5.41, 5.74) is 6.52. The summed E-state index contributed by atoms with van der Waals surface area (Å²) in [4.78, 5) is 12.3. The van der Waals surface area contributed by atoms with Crippen molar-refractivity contribution < 1.29 is 0 Å². The summed E-state index contributed by atoms with van der Waals surface area (Å²) >= 11 is 3.36. The normalized spacial score (nSPS) is 10.6. The molecule has 4 nitrogen and oxygen atoms in total. The number of anilines is 1. The van der Waals surface area contributed by atoms with E-state index >= 15 is 0 Å². The average molecular weight is 239 g/mol. The third-order valence-corrected chi connectivity index (χ3v) is 2.28. The molecule has 0 spiro atoms. The van der Waals surface area contributed by atoms with E-state index in [2.05, 4.69) is 30.9 Å². The molecular formula is C8H7BrN4. The van der Waals surface area contributed by atoms with Crippen LogP contribution >= 0.6 is 15.9 Å². The van der Waals surface area contributed by atoms with Crippen molar-refractivity contribution in [2.75, 3.05) is 5.73 Å². The summed E-state index contributed by atoms with van der Waals surface area (Å²) in [5, 5.41) is 0.778. The first-order chi connectivity index (χ1) is 6.18. The molecule has 66 valence electrons. The number of pyridine rings is 1. The minimum Gasteiger partial charge on any atom is -0.383 e. The number of nitrogen functional groups attached to an aromatic ring is 1. The van der Waals surface area contributed by atoms with Gasteiger partial charge in [0.25, 0.3) is 0 Å². The summed E-state index contributed by atoms with van der Waals surface area (Å²) in [6, 6.07) is 0. The number of aromatic nitrogens is 3. The van der Waals surface area contributed by atoms with Crippen molar-refractivity contribution in [3.63, 3.8) is 0 Å². The van der Waals surface area contributed by atoms with E-state index in [1.54, 1.807) is 12.4 Å². The van der Waals surface area contributed by atoms with E-state index in [0.717, 1.165) is 15.4 Å². The lowest BCUT2D eigenvalue weighted by molar-refractivity contribution is 1.09. The third-order valence-electron chi connectivity index (χ3n) is 1.70. The standard InChI is InChI=1S/C8H7BrN4/c1-4-12-7-5(8(10)13-4)2-11-3-6(7)9/h2-3H,1H3,(H2,10,12,13). The molecular weight excluding hydrogens is 232 g/mol. The molecule has 13 heavy (non-hydrogen) atoms. The van der Waals surface area contributed by atoms with Gasteiger partial charge in [-0.3, -0.25) is 4.98 Å². The zero-order valence-electron chi connectivity index (χ0n) is 6.95. The van der Waals surface area contributed by atoms with Crippen LogP contribution in [-0.4, -0.2) is 15.0 Å². The maximum absolute atomic E-state index is 5.71. The first-order valence-electron chi connectivity index (χ1n) is 3.72. The molecule has 0 fully saturated rings. The monoisotopic (exact) mass is 238 g/mol. The molecule has 2 rings (SSSR count). The number of halogens is 1. The Labute approximate surface area is 83.3 Å². The molecule has 0 radical (unpaired) electrons. The molecule has 0 bridgehead atoms. The van der Waals surface area contributed by atoms with Crippen molar-refractivity contribution in [1.82, 2.24) is 15.0 Å². The summed E-state index contributed by atoms with van der Waals surface area (Å²) < 4.78 is 0.835. The fraction of sp³-hybridized carbons (Fsp3) is 0.125. The van der Waals surface area contributed by atoms with E-state index < -0.39 is 0 Å². The van der Waals surface area contributed by atoms with Crippen molar-refractivity contribution in [3.8, 4) is 0 Å². The number of hydrogen-bond acceptors (Lipinski definition) is 4. The van der Waals surface area contributed by atoms with Crippen molar-refractivity contribution in [1.29, 1.82) is 0 Å². The smallest absolute Gasteiger partial charge is 0.136 e. The van der Waals surface area contributed by atoms with Gasteiger partial charge in [0.05, 0.1) is 15.4 Å². The van der Waals surface area contributed by atoms with Gasteiger partial charge in [0, 0.05) is 12.4 Å². The topological polar surface area (TPSA) is 64.7 Å². The van der Waals surface area contributed by atoms with Crippen LogP contribution in [0, 0.1) is 6.92 Å². The fourth-order valence-electron chi connectivity index (χ4n) is 1.15. The van der Waals surface area contributed by atoms with Crippen LogP contribution in [-0.2, 0) is 0 Å². The number of nitrogens with two attached hydrogens (primary N) is 1. The highest BCUT2D eigenvalue weighted by Gasteiger charge is 2.05. The van der Waals surface area contributed by atoms with Gasteiger partial charge in [-0.2, -0.15) is 0 Å². The molecule has 2 aromatic heterocycles. The Morgan fingerprint density at radius 3 is 2.85 bits per heavy atom. The van der Waals surface area contributed by atoms with E-state index in [-0.39, 0.29) is 0 Å². The van der Waals surface area contributed by atoms with E-state index in [1.165, 1.54) is 0 Å². The molecule has 0 aliphatic carbocycles. The molecule has 0 aliphatic rings. The van der Waals surface area contributed by atoms with Crippen LogP contribution in [0.1, 0.15) is 5.82 Å². The molecule has 2 aromatic rings. The largest absolute Gasteiger partial charge is 0.383 e. The SMILES string of the molecule is Cc1nc(N)c2cncc(Br)c2n1. The van der Waals surface area contributed by atoms with E-state index in [4.69, 9.17) is 5.73 Å². The predicted molar refractivity (Wildman–Crippen MR) is 54.2 cm³/mol. The molecule has 2 N–H and O–H groups in total. The molecule has 0 amide bonds. The highest BCUT2D eigenvalue weighted by atomic mass is 79.9. The maximum Gasteiger partial charge on any atom is 0.136 e. The van der Waals surface area contributed by atoms with Gasteiger partial charge in [0.15, 0.2) is 0 Å². The van der Waals surface area contributed by atoms with Crippen molar-refractivity contribution in [3.05, 3.63) is 22.7 Å². The van der Waals surface area contributed by atoms with Crippen molar-refractivity contribution >= 4 is 32.7 Å². The molecule has 0 saturated carbocycles. The van der Waals surface area contributed by atoms with Gasteiger partial charge >= 0.3 is 0 Å². The number of nitrogens with zero attached hydrogens (tertiary/aromatic N) is 3. The molecule has 0 unspecified atom stereocenters. The molecule has 5 heteroatoms. The molecule has 2 heterocycles. The van der Waals surface area contributed by atoms with Crippen LogP contribution in [0.3, 0.4) is 0 Å². The number of aryl methyl sites for hydroxylation is 1. The second kappa shape index (κ2) is 2.92. The van der Waals surface area contributed by atoms with Gasteiger partial charge in [-0.25, -0.2) is 9.97 Å². The Morgan fingerprint density at radius 2 is 2.08 bits per heavy atom. The Kier molecular flexibility index (Phi) is 1.88. The minimum absolute atomic E-state index is 0.469. The molecule has 0 aliphatic heterocycles. The second-order valence-electron chi connectivity index (χ2n) is 2.67. The highest BCUT2D eigenvalue weighted by molar-refractivity contribution is 9.10. The van der Waals surface area contributed by atoms with Gasteiger partial charge in [0.2, 0.25) is 0 Å². The van der Waals surface area contributed by atoms with Crippen LogP contribution in [0.25, 0.3) is 10.9 Å². The lowest BCUT2D eigenvalue weighted by Crippen LogP contribution is -1.98. The maximum atomic E-state index is 5.71. The lowest BCUT2D eigenvalue weighted by atomic mass is 10.3. The number of fused-ring (bicyclic) bond motifs is 1. The number of hydrogen-bond donors (Lipinski definition) is 1. The summed E-state index contributed by atoms with van der Waals surface area (Å²) in [7, 11) is 0. The lowest BCUT2D eigenvalue weighted by Gasteiger charge is -2.02. The van der Waals surface area contributed by atoms with E-state index in [9.17, 15) is 0 Å². The second-order valence-corrected chi connectivity index (χ2v) is 3.53. The Hall–Kier alpha value is -1.23. The molecule has 0 aromatic carbocycles. The quantitative estimate of drug-likeness (QED) is 0.759. The van der Waals surface area contributed by atoms with Gasteiger partial charge in [-0.15, -0.1) is 0 Å². The van der Waals surface area contributed by atoms with Crippen LogP contribution < -0.4 is 5.73 Å². The predicted octanol–water partition coefficient (Wildman–Crippen LogP) is 1.68. The molecule has 0 atom stereocenters. The fourth-order valence-corrected chi connectivity index (χ4v) is 1.57. The average Bonchev–Trinajstić information content (AvgIpc) is 2.07. The van der Waals surface area contributed by atoms with E-state index in [0.29, 0.717) is 11.6 Å². The zero-order chi connectivity index (χ0) is 9.42. The minimum atomic E-state index is 0.469. The van der Waals surface area contributed by atoms with Crippen LogP contribution in [0.15, 0.2) is 16.9 Å². The zero-order valence-corrected chi connectivity index (χ0v) is 8.54. The third kappa shape index (κ3) is 1.35. The van der Waals surface area contributed by atoms with Gasteiger partial charge < -0.3 is 5.73 Å². The van der Waals surface area contributed by atoms with Crippen molar-refractivity contribution in [2.45, 2.75) is 6.92 Å². The Bertz CT molecular complexity index is 469. The highest BCUT2D eigenvalue weighted by Crippen LogP contribution is 2.23. The summed E-state index contributed by atoms with van der Waals surface area (Å²) in [5.74, 6) is 1.13. The van der Waals surface area contributed by atoms with Crippen LogP contribution in [0.2, 0.25) is 0 Å². The Morgan fingerprint density at radius 1 is 1.31 bits per heavy atom. The van der Waals surface area contributed by atoms with E-state index in [1.807, 2.05) is 6.92 Å². The van der Waals surface area contributed by atoms with Crippen molar-refractivity contribution in [2.24, 2.45) is 0 Å². The summed E-state index contributed by atoms with van der Waals surface area (Å²) in [6.07, 6.45) is 3.35. The van der Waals surface area contributed by atoms with Gasteiger partial charge in [-0.05, 0) is 22.9 Å². The van der Waals surface area contributed by atoms with Gasteiger partial charge in [0.1, 0.15) is 11.6 Å². The van der Waals surface area contributed by atoms with Crippen LogP contribution in [0.4, 0.5) is 5.82 Å². The Balaban J connectivity index is 2.94. The molecule has 0 saturated heterocycles. The first kappa shape index (κ1) is 8.37. The van der Waals surface area contributed by atoms with Gasteiger partial charge in [-0.1, -0.05) is 0 Å². The first-order valence-corrected chi connectivity index (χ1v) is 4.51. The number of rotatable bonds is 0. The summed E-state index contributed by atoms with van der Waals surface area (Å²) in [6.45, 7) is 1.81.